The molecule has 0 aromatic heterocycles. The van der Waals surface area contributed by atoms with Gasteiger partial charge in [-0.15, -0.1) is 0 Å². The fourth-order valence-corrected chi connectivity index (χ4v) is 2.23. The maximum absolute atomic E-state index is 9.84. The van der Waals surface area contributed by atoms with Gasteiger partial charge in [0, 0.05) is 5.69 Å². The van der Waals surface area contributed by atoms with E-state index in [1.165, 1.54) is 12.0 Å². The molecule has 2 N–H and O–H groups in total. The van der Waals surface area contributed by atoms with Gasteiger partial charge in [-0.25, -0.2) is 0 Å². The Hall–Kier alpha value is -1.02. The average molecular weight is 205 g/mol. The molecule has 0 heterocycles. The third-order valence-electron chi connectivity index (χ3n) is 3.10. The van der Waals surface area contributed by atoms with Gasteiger partial charge in [0.1, 0.15) is 0 Å². The Morgan fingerprint density at radius 3 is 2.80 bits per heavy atom. The molecule has 2 nitrogen and oxygen atoms in total. The molecule has 0 spiro atoms. The monoisotopic (exact) mass is 205 g/mol. The van der Waals surface area contributed by atoms with E-state index in [-0.39, 0.29) is 12.1 Å². The van der Waals surface area contributed by atoms with Crippen molar-refractivity contribution in [1.29, 1.82) is 0 Å². The Bertz CT molecular complexity index is 324. The van der Waals surface area contributed by atoms with E-state index in [0.717, 1.165) is 24.9 Å². The fraction of sp³-hybridized carbons (Fsp3) is 0.538. The Morgan fingerprint density at radius 1 is 1.27 bits per heavy atom. The molecule has 0 amide bonds. The maximum atomic E-state index is 9.84. The number of nitrogens with one attached hydrogen (secondary N) is 1. The van der Waals surface area contributed by atoms with E-state index in [1.807, 2.05) is 6.07 Å². The molecule has 15 heavy (non-hydrogen) atoms. The third-order valence-corrected chi connectivity index (χ3v) is 3.10. The first kappa shape index (κ1) is 10.5. The lowest BCUT2D eigenvalue weighted by molar-refractivity contribution is 0.116. The van der Waals surface area contributed by atoms with Crippen molar-refractivity contribution in [3.8, 4) is 0 Å². The zero-order valence-electron chi connectivity index (χ0n) is 9.24. The van der Waals surface area contributed by atoms with Crippen molar-refractivity contribution in [2.75, 3.05) is 5.32 Å². The molecule has 0 unspecified atom stereocenters. The molecule has 1 aliphatic carbocycles. The van der Waals surface area contributed by atoms with Gasteiger partial charge < -0.3 is 10.4 Å². The van der Waals surface area contributed by atoms with E-state index in [9.17, 15) is 5.11 Å². The van der Waals surface area contributed by atoms with Gasteiger partial charge in [-0.05, 0) is 37.5 Å². The zero-order valence-corrected chi connectivity index (χ0v) is 9.24. The molecular formula is C13H19NO. The lowest BCUT2D eigenvalue weighted by atomic mass is 9.92. The number of aliphatic hydroxyl groups is 1. The van der Waals surface area contributed by atoms with Crippen LogP contribution in [0.5, 0.6) is 0 Å². The number of anilines is 1. The van der Waals surface area contributed by atoms with Gasteiger partial charge in [-0.2, -0.15) is 0 Å². The van der Waals surface area contributed by atoms with E-state index >= 15 is 0 Å². The minimum absolute atomic E-state index is 0.181. The highest BCUT2D eigenvalue weighted by Gasteiger charge is 2.22. The summed E-state index contributed by atoms with van der Waals surface area (Å²) in [6.45, 7) is 2.09. The number of hydrogen-bond donors (Lipinski definition) is 2. The van der Waals surface area contributed by atoms with Crippen molar-refractivity contribution in [3.05, 3.63) is 29.8 Å². The molecule has 2 rings (SSSR count). The van der Waals surface area contributed by atoms with E-state index in [0.29, 0.717) is 0 Å². The maximum Gasteiger partial charge on any atom is 0.0741 e. The highest BCUT2D eigenvalue weighted by molar-refractivity contribution is 5.46. The number of rotatable bonds is 2. The molecule has 2 atom stereocenters. The first-order valence-corrected chi connectivity index (χ1v) is 5.77. The van der Waals surface area contributed by atoms with Crippen molar-refractivity contribution >= 4 is 5.69 Å². The lowest BCUT2D eigenvalue weighted by Gasteiger charge is -2.29. The van der Waals surface area contributed by atoms with Crippen LogP contribution < -0.4 is 5.32 Å². The van der Waals surface area contributed by atoms with Crippen LogP contribution >= 0.6 is 0 Å². The van der Waals surface area contributed by atoms with Crippen molar-refractivity contribution in [2.24, 2.45) is 0 Å². The SMILES string of the molecule is Cc1cccc(N[C@@H]2CCCC[C@H]2O)c1. The van der Waals surface area contributed by atoms with Crippen molar-refractivity contribution in [2.45, 2.75) is 44.8 Å². The van der Waals surface area contributed by atoms with Crippen molar-refractivity contribution < 1.29 is 5.11 Å². The standard InChI is InChI=1S/C13H19NO/c1-10-5-4-6-11(9-10)14-12-7-2-3-8-13(12)15/h4-6,9,12-15H,2-3,7-8H2,1H3/t12-,13-/m1/s1. The van der Waals surface area contributed by atoms with Crippen molar-refractivity contribution in [3.63, 3.8) is 0 Å². The Labute approximate surface area is 91.3 Å². The summed E-state index contributed by atoms with van der Waals surface area (Å²) in [7, 11) is 0. The smallest absolute Gasteiger partial charge is 0.0741 e. The third kappa shape index (κ3) is 2.72. The first-order chi connectivity index (χ1) is 7.25. The van der Waals surface area contributed by atoms with Crippen LogP contribution in [0.15, 0.2) is 24.3 Å². The molecular weight excluding hydrogens is 186 g/mol. The average Bonchev–Trinajstić information content (AvgIpc) is 2.22. The summed E-state index contributed by atoms with van der Waals surface area (Å²) in [6, 6.07) is 8.56. The van der Waals surface area contributed by atoms with Gasteiger partial charge >= 0.3 is 0 Å². The molecule has 1 aliphatic rings. The number of hydrogen-bond acceptors (Lipinski definition) is 2. The predicted octanol–water partition coefficient (Wildman–Crippen LogP) is 2.71. The Balaban J connectivity index is 2.01. The second-order valence-electron chi connectivity index (χ2n) is 4.47. The van der Waals surface area contributed by atoms with Gasteiger partial charge in [-0.3, -0.25) is 0 Å². The van der Waals surface area contributed by atoms with Gasteiger partial charge in [0.05, 0.1) is 12.1 Å². The molecule has 1 aromatic carbocycles. The quantitative estimate of drug-likeness (QED) is 0.778. The second kappa shape index (κ2) is 4.67. The minimum atomic E-state index is -0.181. The predicted molar refractivity (Wildman–Crippen MR) is 63.1 cm³/mol. The van der Waals surface area contributed by atoms with Crippen LogP contribution in [0.1, 0.15) is 31.2 Å². The van der Waals surface area contributed by atoms with Crippen LogP contribution in [0.2, 0.25) is 0 Å². The number of aryl methyl sites for hydroxylation is 1. The van der Waals surface area contributed by atoms with Gasteiger partial charge in [-0.1, -0.05) is 25.0 Å². The van der Waals surface area contributed by atoms with Gasteiger partial charge in [0.2, 0.25) is 0 Å². The summed E-state index contributed by atoms with van der Waals surface area (Å²) in [4.78, 5) is 0. The van der Waals surface area contributed by atoms with E-state index in [1.54, 1.807) is 0 Å². The summed E-state index contributed by atoms with van der Waals surface area (Å²) in [5, 5.41) is 13.3. The fourth-order valence-electron chi connectivity index (χ4n) is 2.23. The summed E-state index contributed by atoms with van der Waals surface area (Å²) in [5.41, 5.74) is 2.38. The van der Waals surface area contributed by atoms with Crippen molar-refractivity contribution in [1.82, 2.24) is 0 Å². The van der Waals surface area contributed by atoms with Crippen LogP contribution in [0.3, 0.4) is 0 Å². The highest BCUT2D eigenvalue weighted by atomic mass is 16.3. The van der Waals surface area contributed by atoms with Crippen LogP contribution in [-0.2, 0) is 0 Å². The Kier molecular flexibility index (Phi) is 3.27. The summed E-state index contributed by atoms with van der Waals surface area (Å²) < 4.78 is 0. The van der Waals surface area contributed by atoms with Crippen LogP contribution in [0, 0.1) is 6.92 Å². The second-order valence-corrected chi connectivity index (χ2v) is 4.47. The zero-order chi connectivity index (χ0) is 10.7. The molecule has 82 valence electrons. The highest BCUT2D eigenvalue weighted by Crippen LogP contribution is 2.22. The summed E-state index contributed by atoms with van der Waals surface area (Å²) >= 11 is 0. The lowest BCUT2D eigenvalue weighted by Crippen LogP contribution is -2.36. The molecule has 1 fully saturated rings. The van der Waals surface area contributed by atoms with Gasteiger partial charge in [0.15, 0.2) is 0 Å². The molecule has 1 saturated carbocycles. The number of aliphatic hydroxyl groups excluding tert-OH is 1. The summed E-state index contributed by atoms with van der Waals surface area (Å²) in [5.74, 6) is 0. The normalized spacial score (nSPS) is 26.3. The minimum Gasteiger partial charge on any atom is -0.391 e. The van der Waals surface area contributed by atoms with E-state index in [2.05, 4.69) is 30.4 Å². The molecule has 0 aliphatic heterocycles. The molecule has 0 radical (unpaired) electrons. The molecule has 0 bridgehead atoms. The number of benzene rings is 1. The molecule has 2 heteroatoms. The Morgan fingerprint density at radius 2 is 2.07 bits per heavy atom. The van der Waals surface area contributed by atoms with E-state index in [4.69, 9.17) is 0 Å². The van der Waals surface area contributed by atoms with E-state index < -0.39 is 0 Å². The summed E-state index contributed by atoms with van der Waals surface area (Å²) in [6.07, 6.45) is 4.21. The largest absolute Gasteiger partial charge is 0.391 e. The van der Waals surface area contributed by atoms with Gasteiger partial charge in [0.25, 0.3) is 0 Å². The van der Waals surface area contributed by atoms with Crippen LogP contribution in [-0.4, -0.2) is 17.3 Å². The topological polar surface area (TPSA) is 32.3 Å². The van der Waals surface area contributed by atoms with Crippen LogP contribution in [0.25, 0.3) is 0 Å². The molecule has 0 saturated heterocycles. The first-order valence-electron chi connectivity index (χ1n) is 5.77. The van der Waals surface area contributed by atoms with Crippen LogP contribution in [0.4, 0.5) is 5.69 Å². The molecule has 1 aromatic rings.